The lowest BCUT2D eigenvalue weighted by molar-refractivity contribution is 0.152. The average molecular weight is 1440 g/mol. The molecule has 3 atom stereocenters. The lowest BCUT2D eigenvalue weighted by Crippen LogP contribution is -2.38. The Morgan fingerprint density at radius 1 is 0.421 bits per heavy atom. The SMILES string of the molecule is Cc1ccccc1CN1CCC[C@@H](c2nnc(-c3ccc4[nH]nc(-c5ccnc(Cl)c5)c4c3)o2)C1.c1cc2cc(-c3n[nH]c4ccc(-c5nnc(C6CCCN(CC7CCCCC7)C6)o5)cc34)ccc2o1.c1ccc(CN2CCC[C@@H](c3nnc(-c4ccc5[nH]nc(-c6ccc7occc7c6)c5c4)o3)C2)nc1. The molecule has 1 saturated carbocycles. The molecule has 0 bridgehead atoms. The number of aryl methyl sites for hydroxylation is 1. The van der Waals surface area contributed by atoms with Gasteiger partial charge in [-0.1, -0.05) is 61.2 Å². The molecule has 1 aliphatic carbocycles. The summed E-state index contributed by atoms with van der Waals surface area (Å²) in [7, 11) is 0. The number of nitrogens with zero attached hydrogens (tertiary/aromatic N) is 14. The molecule has 538 valence electrons. The topological polar surface area (TPSA) is 265 Å². The zero-order valence-corrected chi connectivity index (χ0v) is 60.2. The molecule has 0 radical (unpaired) electrons. The van der Waals surface area contributed by atoms with Crippen LogP contribution >= 0.6 is 11.6 Å². The summed E-state index contributed by atoms with van der Waals surface area (Å²) in [6.45, 7) is 11.4. The zero-order chi connectivity index (χ0) is 71.6. The van der Waals surface area contributed by atoms with Crippen LogP contribution in [0.15, 0.2) is 205 Å². The van der Waals surface area contributed by atoms with Crippen molar-refractivity contribution in [2.24, 2.45) is 5.92 Å². The summed E-state index contributed by atoms with van der Waals surface area (Å²) in [6.07, 6.45) is 20.6. The molecule has 3 aliphatic heterocycles. The Labute approximate surface area is 621 Å². The second-order valence-corrected chi connectivity index (χ2v) is 29.4. The first-order chi connectivity index (χ1) is 52.7. The van der Waals surface area contributed by atoms with E-state index in [9.17, 15) is 0 Å². The number of H-pyrrole nitrogens is 3. The molecule has 4 aliphatic rings. The first-order valence-corrected chi connectivity index (χ1v) is 37.8. The standard InChI is InChI=1S/C29H31N5O2.C28H24N6O2.C27H25ClN6O/c1-2-5-19(6-3-1)17-34-13-4-7-23(18-34)29-33-32-28(36-29)22-8-10-25-24(16-22)27(31-30-25)21-9-11-26-20(15-21)12-14-35-26;1-2-11-29-22(5-1)17-34-12-3-4-21(16-34)28-33-32-27(36-28)20-6-8-24-23(15-20)26(31-30-24)19-7-9-25-18(14-19)10-13-35-25;1-17-5-2-3-6-20(17)15-34-12-4-7-21(16-34)27-33-32-26(35-27)19-8-9-23-22(13-19)25(31-30-23)18-10-11-29-24(28)14-18/h8-12,14-16,19,23H,1-7,13,17-18H2,(H,30,31);1-2,5-11,13-15,21H,3-4,12,16-17H2,(H,30,31);2-3,5-6,8-11,13-14,21H,4,7,12,15-16H2,1H3,(H,30,31)/t;2*21-/m.11/s1. The van der Waals surface area contributed by atoms with Crippen molar-refractivity contribution in [3.63, 3.8) is 0 Å². The van der Waals surface area contributed by atoms with Gasteiger partial charge in [-0.15, -0.1) is 30.6 Å². The molecule has 20 rings (SSSR count). The number of piperidine rings is 3. The Balaban J connectivity index is 0.000000113. The highest BCUT2D eigenvalue weighted by molar-refractivity contribution is 6.29. The van der Waals surface area contributed by atoms with Gasteiger partial charge >= 0.3 is 0 Å². The maximum atomic E-state index is 6.27. The Kier molecular flexibility index (Phi) is 19.1. The van der Waals surface area contributed by atoms with Gasteiger partial charge in [0.15, 0.2) is 0 Å². The minimum Gasteiger partial charge on any atom is -0.464 e. The van der Waals surface area contributed by atoms with E-state index in [-0.39, 0.29) is 11.8 Å². The quantitative estimate of drug-likeness (QED) is 0.0805. The molecule has 0 spiro atoms. The van der Waals surface area contributed by atoms with Crippen LogP contribution in [0.3, 0.4) is 0 Å². The van der Waals surface area contributed by atoms with Gasteiger partial charge in [-0.05, 0) is 222 Å². The van der Waals surface area contributed by atoms with Gasteiger partial charge in [0.25, 0.3) is 0 Å². The molecule has 6 aromatic carbocycles. The highest BCUT2D eigenvalue weighted by atomic mass is 35.5. The van der Waals surface area contributed by atoms with E-state index >= 15 is 0 Å². The second kappa shape index (κ2) is 30.3. The molecular weight excluding hydrogens is 1360 g/mol. The van der Waals surface area contributed by atoms with Gasteiger partial charge in [-0.3, -0.25) is 30.1 Å². The first kappa shape index (κ1) is 67.6. The number of halogens is 1. The van der Waals surface area contributed by atoms with Crippen LogP contribution < -0.4 is 0 Å². The minimum absolute atomic E-state index is 0.221. The van der Waals surface area contributed by atoms with Crippen molar-refractivity contribution in [3.05, 3.63) is 222 Å². The van der Waals surface area contributed by atoms with Crippen LogP contribution in [0.1, 0.15) is 123 Å². The van der Waals surface area contributed by atoms with Crippen molar-refractivity contribution in [2.45, 2.75) is 108 Å². The number of hydrogen-bond donors (Lipinski definition) is 3. The smallest absolute Gasteiger partial charge is 0.247 e. The van der Waals surface area contributed by atoms with E-state index in [0.717, 1.165) is 201 Å². The zero-order valence-electron chi connectivity index (χ0n) is 59.5. The highest BCUT2D eigenvalue weighted by Crippen LogP contribution is 2.39. The summed E-state index contributed by atoms with van der Waals surface area (Å²) < 4.78 is 29.7. The predicted molar refractivity (Wildman–Crippen MR) is 412 cm³/mol. The average Bonchev–Trinajstić information content (AvgIpc) is 1.65. The fourth-order valence-corrected chi connectivity index (χ4v) is 16.3. The number of nitrogens with one attached hydrogen (secondary N) is 3. The molecule has 4 fully saturated rings. The van der Waals surface area contributed by atoms with E-state index in [1.807, 2.05) is 103 Å². The molecule has 0 amide bonds. The number of hydrogen-bond acceptors (Lipinski definition) is 19. The van der Waals surface area contributed by atoms with Gasteiger partial charge in [0, 0.05) is 112 Å². The van der Waals surface area contributed by atoms with Crippen molar-refractivity contribution >= 4 is 66.2 Å². The highest BCUT2D eigenvalue weighted by Gasteiger charge is 2.31. The van der Waals surface area contributed by atoms with E-state index in [1.54, 1.807) is 24.8 Å². The van der Waals surface area contributed by atoms with Crippen LogP contribution in [-0.4, -0.2) is 132 Å². The van der Waals surface area contributed by atoms with Gasteiger partial charge in [-0.2, -0.15) is 15.3 Å². The number of aromatic nitrogens is 14. The summed E-state index contributed by atoms with van der Waals surface area (Å²) in [4.78, 5) is 16.1. The van der Waals surface area contributed by atoms with Crippen LogP contribution in [0, 0.1) is 12.8 Å². The predicted octanol–water partition coefficient (Wildman–Crippen LogP) is 18.6. The summed E-state index contributed by atoms with van der Waals surface area (Å²) >= 11 is 6.09. The summed E-state index contributed by atoms with van der Waals surface area (Å²) in [5.74, 6) is 5.46. The largest absolute Gasteiger partial charge is 0.464 e. The lowest BCUT2D eigenvalue weighted by Gasteiger charge is -2.34. The molecule has 16 aromatic rings. The minimum atomic E-state index is 0.221. The molecule has 10 aromatic heterocycles. The number of benzene rings is 6. The second-order valence-electron chi connectivity index (χ2n) is 29.0. The normalized spacial score (nSPS) is 17.8. The van der Waals surface area contributed by atoms with E-state index < -0.39 is 0 Å². The van der Waals surface area contributed by atoms with Crippen molar-refractivity contribution < 1.29 is 22.1 Å². The number of likely N-dealkylation sites (tertiary alicyclic amines) is 3. The Bertz CT molecular complexity index is 5740. The van der Waals surface area contributed by atoms with Crippen molar-refractivity contribution in [3.8, 4) is 68.1 Å². The molecule has 13 heterocycles. The summed E-state index contributed by atoms with van der Waals surface area (Å²) in [6, 6.07) is 52.7. The molecule has 1 unspecified atom stereocenters. The Hall–Kier alpha value is -11.3. The van der Waals surface area contributed by atoms with Crippen LogP contribution in [0.25, 0.3) is 123 Å². The monoisotopic (exact) mass is 1440 g/mol. The number of furan rings is 2. The molecule has 107 heavy (non-hydrogen) atoms. The fourth-order valence-electron chi connectivity index (χ4n) is 16.1. The molecular formula is C84H80ClN17O5. The van der Waals surface area contributed by atoms with Gasteiger partial charge in [0.1, 0.15) is 22.0 Å². The van der Waals surface area contributed by atoms with Gasteiger partial charge in [0.05, 0.1) is 63.9 Å². The first-order valence-electron chi connectivity index (χ1n) is 37.4. The van der Waals surface area contributed by atoms with E-state index in [0.29, 0.717) is 40.5 Å². The number of rotatable bonds is 15. The molecule has 3 saturated heterocycles. The fraction of sp³-hybridized carbons (Fsp3) is 0.298. The third kappa shape index (κ3) is 14.8. The maximum absolute atomic E-state index is 6.27. The van der Waals surface area contributed by atoms with E-state index in [4.69, 9.17) is 33.7 Å². The third-order valence-corrected chi connectivity index (χ3v) is 22.0. The van der Waals surface area contributed by atoms with Crippen molar-refractivity contribution in [1.29, 1.82) is 0 Å². The maximum Gasteiger partial charge on any atom is 0.247 e. The van der Waals surface area contributed by atoms with Crippen LogP contribution in [0.4, 0.5) is 0 Å². The van der Waals surface area contributed by atoms with Gasteiger partial charge in [-0.25, -0.2) is 4.98 Å². The van der Waals surface area contributed by atoms with Crippen LogP contribution in [-0.2, 0) is 13.1 Å². The van der Waals surface area contributed by atoms with Crippen LogP contribution in [0.2, 0.25) is 5.15 Å². The van der Waals surface area contributed by atoms with Crippen molar-refractivity contribution in [2.75, 3.05) is 45.8 Å². The molecule has 3 N–H and O–H groups in total. The van der Waals surface area contributed by atoms with Crippen molar-refractivity contribution in [1.82, 2.24) is 85.9 Å². The lowest BCUT2D eigenvalue weighted by atomic mass is 9.88. The summed E-state index contributed by atoms with van der Waals surface area (Å²) in [5.41, 5.74) is 16.6. The molecule has 22 nitrogen and oxygen atoms in total. The van der Waals surface area contributed by atoms with Crippen LogP contribution in [0.5, 0.6) is 0 Å². The van der Waals surface area contributed by atoms with E-state index in [1.165, 1.54) is 62.7 Å². The number of aromatic amines is 3. The number of pyridine rings is 2. The molecule has 23 heteroatoms. The van der Waals surface area contributed by atoms with Gasteiger partial charge in [0.2, 0.25) is 35.3 Å². The Morgan fingerprint density at radius 2 is 0.897 bits per heavy atom. The van der Waals surface area contributed by atoms with E-state index in [2.05, 4.69) is 147 Å². The third-order valence-electron chi connectivity index (χ3n) is 21.8. The Morgan fingerprint density at radius 3 is 1.40 bits per heavy atom. The number of fused-ring (bicyclic) bond motifs is 5. The summed E-state index contributed by atoms with van der Waals surface area (Å²) in [5, 5.41) is 55.2. The van der Waals surface area contributed by atoms with Gasteiger partial charge < -0.3 is 27.0 Å².